The second kappa shape index (κ2) is 8.27. The highest BCUT2D eigenvalue weighted by molar-refractivity contribution is 6.12. The van der Waals surface area contributed by atoms with Crippen LogP contribution in [0.1, 0.15) is 11.1 Å². The number of methoxy groups -OCH3 is 1. The molecule has 0 unspecified atom stereocenters. The van der Waals surface area contributed by atoms with Crippen LogP contribution in [0.15, 0.2) is 66.7 Å². The summed E-state index contributed by atoms with van der Waals surface area (Å²) in [5, 5.41) is 16.6. The number of anilines is 2. The highest BCUT2D eigenvalue weighted by atomic mass is 19.1. The summed E-state index contributed by atoms with van der Waals surface area (Å²) in [6.45, 7) is -0.0114. The minimum atomic E-state index is -2.71. The Bertz CT molecular complexity index is 1170. The summed E-state index contributed by atoms with van der Waals surface area (Å²) in [5.41, 5.74) is -2.77. The Morgan fingerprint density at radius 1 is 1.06 bits per heavy atom. The lowest BCUT2D eigenvalue weighted by Gasteiger charge is -2.42. The highest BCUT2D eigenvalue weighted by Crippen LogP contribution is 2.41. The van der Waals surface area contributed by atoms with Gasteiger partial charge in [0.15, 0.2) is 0 Å². The zero-order chi connectivity index (χ0) is 22.9. The molecular formula is C23H19F2N3O4. The Labute approximate surface area is 182 Å². The van der Waals surface area contributed by atoms with Gasteiger partial charge in [0, 0.05) is 12.1 Å². The van der Waals surface area contributed by atoms with Crippen LogP contribution in [0.25, 0.3) is 0 Å². The number of ether oxygens (including phenoxy) is 1. The number of fused-ring (bicyclic) bond motifs is 1. The van der Waals surface area contributed by atoms with Gasteiger partial charge in [0.2, 0.25) is 0 Å². The first-order valence-electron chi connectivity index (χ1n) is 9.64. The molecule has 0 spiro atoms. The van der Waals surface area contributed by atoms with Gasteiger partial charge in [-0.1, -0.05) is 36.4 Å². The molecule has 3 amide bonds. The molecule has 1 aliphatic heterocycles. The normalized spacial score (nSPS) is 17.4. The average Bonchev–Trinajstić information content (AvgIpc) is 2.79. The number of nitrogens with zero attached hydrogens (tertiary/aromatic N) is 1. The maximum atomic E-state index is 14.6. The minimum Gasteiger partial charge on any atom is -0.497 e. The Kier molecular flexibility index (Phi) is 5.50. The van der Waals surface area contributed by atoms with Gasteiger partial charge in [-0.15, -0.1) is 0 Å². The first kappa shape index (κ1) is 21.3. The fraction of sp³-hybridized carbons (Fsp3) is 0.130. The van der Waals surface area contributed by atoms with Gasteiger partial charge >= 0.3 is 6.03 Å². The topological polar surface area (TPSA) is 90.9 Å². The van der Waals surface area contributed by atoms with E-state index in [0.717, 1.165) is 18.2 Å². The third-order valence-electron chi connectivity index (χ3n) is 5.16. The van der Waals surface area contributed by atoms with Crippen LogP contribution < -0.4 is 20.3 Å². The number of carbonyl (C=O) groups excluding carboxylic acids is 2. The number of para-hydroxylation sites is 2. The maximum absolute atomic E-state index is 14.6. The van der Waals surface area contributed by atoms with E-state index in [0.29, 0.717) is 16.2 Å². The predicted molar refractivity (Wildman–Crippen MR) is 113 cm³/mol. The van der Waals surface area contributed by atoms with Crippen molar-refractivity contribution in [3.8, 4) is 5.75 Å². The molecule has 0 aromatic heterocycles. The minimum absolute atomic E-state index is 0.0114. The molecule has 4 rings (SSSR count). The van der Waals surface area contributed by atoms with Gasteiger partial charge in [-0.3, -0.25) is 4.79 Å². The molecule has 3 aromatic carbocycles. The summed E-state index contributed by atoms with van der Waals surface area (Å²) in [6, 6.07) is 14.7. The van der Waals surface area contributed by atoms with Crippen molar-refractivity contribution < 1.29 is 28.2 Å². The molecule has 0 radical (unpaired) electrons. The van der Waals surface area contributed by atoms with E-state index < -0.39 is 35.0 Å². The van der Waals surface area contributed by atoms with Crippen molar-refractivity contribution in [2.24, 2.45) is 0 Å². The number of rotatable bonds is 5. The summed E-state index contributed by atoms with van der Waals surface area (Å²) in [7, 11) is 1.52. The van der Waals surface area contributed by atoms with Crippen LogP contribution in [-0.2, 0) is 17.1 Å². The van der Waals surface area contributed by atoms with E-state index in [4.69, 9.17) is 4.74 Å². The molecule has 1 atom stereocenters. The van der Waals surface area contributed by atoms with E-state index in [1.807, 2.05) is 0 Å². The van der Waals surface area contributed by atoms with Gasteiger partial charge < -0.3 is 20.5 Å². The fourth-order valence-electron chi connectivity index (χ4n) is 3.57. The summed E-state index contributed by atoms with van der Waals surface area (Å²) in [6.07, 6.45) is 0. The molecule has 7 nitrogen and oxygen atoms in total. The molecule has 0 aliphatic carbocycles. The standard InChI is InChI=1S/C23H19F2N3O4/c1-32-15-11-9-14(10-12-15)13-26-21(29)23(31)16-5-2-3-8-19(16)27-22(30)28(23)20-17(24)6-4-7-18(20)25/h2-12,31H,13H2,1H3,(H,26,29)(H,27,30)/t23-/m0/s1. The van der Waals surface area contributed by atoms with Crippen molar-refractivity contribution in [3.63, 3.8) is 0 Å². The maximum Gasteiger partial charge on any atom is 0.329 e. The van der Waals surface area contributed by atoms with Gasteiger partial charge in [0.25, 0.3) is 11.6 Å². The van der Waals surface area contributed by atoms with Crippen molar-refractivity contribution in [2.45, 2.75) is 12.3 Å². The first-order chi connectivity index (χ1) is 15.4. The molecular weight excluding hydrogens is 420 g/mol. The van der Waals surface area contributed by atoms with Crippen LogP contribution >= 0.6 is 0 Å². The molecule has 3 aromatic rings. The van der Waals surface area contributed by atoms with Gasteiger partial charge in [0.05, 0.1) is 12.8 Å². The molecule has 0 saturated heterocycles. The predicted octanol–water partition coefficient (Wildman–Crippen LogP) is 3.49. The van der Waals surface area contributed by atoms with E-state index in [1.54, 1.807) is 30.3 Å². The third kappa shape index (κ3) is 3.52. The Hall–Kier alpha value is -3.98. The summed E-state index contributed by atoms with van der Waals surface area (Å²) in [5.74, 6) is -2.63. The molecule has 9 heteroatoms. The lowest BCUT2D eigenvalue weighted by molar-refractivity contribution is -0.140. The molecule has 0 bridgehead atoms. The molecule has 164 valence electrons. The van der Waals surface area contributed by atoms with Crippen LogP contribution in [0.4, 0.5) is 25.0 Å². The number of hydrogen-bond acceptors (Lipinski definition) is 4. The van der Waals surface area contributed by atoms with E-state index in [2.05, 4.69) is 10.6 Å². The van der Waals surface area contributed by atoms with Gasteiger partial charge in [-0.05, 0) is 35.9 Å². The van der Waals surface area contributed by atoms with Crippen molar-refractivity contribution in [1.29, 1.82) is 0 Å². The first-order valence-corrected chi connectivity index (χ1v) is 9.64. The van der Waals surface area contributed by atoms with E-state index in [-0.39, 0.29) is 17.8 Å². The second-order valence-corrected chi connectivity index (χ2v) is 7.08. The molecule has 32 heavy (non-hydrogen) atoms. The molecule has 1 aliphatic rings. The zero-order valence-electron chi connectivity index (χ0n) is 16.9. The summed E-state index contributed by atoms with van der Waals surface area (Å²) < 4.78 is 34.3. The van der Waals surface area contributed by atoms with Crippen molar-refractivity contribution in [3.05, 3.63) is 89.5 Å². The third-order valence-corrected chi connectivity index (χ3v) is 5.16. The number of halogens is 2. The lowest BCUT2D eigenvalue weighted by atomic mass is 9.94. The Morgan fingerprint density at radius 3 is 2.38 bits per heavy atom. The summed E-state index contributed by atoms with van der Waals surface area (Å²) in [4.78, 5) is 26.5. The number of urea groups is 1. The smallest absolute Gasteiger partial charge is 0.329 e. The largest absolute Gasteiger partial charge is 0.497 e. The average molecular weight is 439 g/mol. The van der Waals surface area contributed by atoms with E-state index in [9.17, 15) is 23.5 Å². The SMILES string of the molecule is COc1ccc(CNC(=O)[C@@]2(O)c3ccccc3NC(=O)N2c2c(F)cccc2F)cc1. The van der Waals surface area contributed by atoms with Crippen molar-refractivity contribution >= 4 is 23.3 Å². The van der Waals surface area contributed by atoms with Crippen LogP contribution in [0.2, 0.25) is 0 Å². The van der Waals surface area contributed by atoms with E-state index in [1.165, 1.54) is 25.3 Å². The van der Waals surface area contributed by atoms with Crippen molar-refractivity contribution in [2.75, 3.05) is 17.3 Å². The number of benzene rings is 3. The quantitative estimate of drug-likeness (QED) is 0.568. The molecule has 3 N–H and O–H groups in total. The van der Waals surface area contributed by atoms with Gasteiger partial charge in [0.1, 0.15) is 23.1 Å². The van der Waals surface area contributed by atoms with Crippen LogP contribution in [-0.4, -0.2) is 24.2 Å². The van der Waals surface area contributed by atoms with Gasteiger partial charge in [-0.25, -0.2) is 18.5 Å². The monoisotopic (exact) mass is 439 g/mol. The Morgan fingerprint density at radius 2 is 1.72 bits per heavy atom. The number of amides is 3. The lowest BCUT2D eigenvalue weighted by Crippen LogP contribution is -2.62. The highest BCUT2D eigenvalue weighted by Gasteiger charge is 2.53. The zero-order valence-corrected chi connectivity index (χ0v) is 16.9. The fourth-order valence-corrected chi connectivity index (χ4v) is 3.57. The number of carbonyl (C=O) groups is 2. The van der Waals surface area contributed by atoms with Crippen LogP contribution in [0.3, 0.4) is 0 Å². The van der Waals surface area contributed by atoms with E-state index >= 15 is 0 Å². The van der Waals surface area contributed by atoms with Gasteiger partial charge in [-0.2, -0.15) is 0 Å². The summed E-state index contributed by atoms with van der Waals surface area (Å²) >= 11 is 0. The Balaban J connectivity index is 1.76. The molecule has 0 saturated carbocycles. The second-order valence-electron chi connectivity index (χ2n) is 7.08. The number of nitrogens with one attached hydrogen (secondary N) is 2. The van der Waals surface area contributed by atoms with Crippen LogP contribution in [0.5, 0.6) is 5.75 Å². The number of aliphatic hydroxyl groups is 1. The number of hydrogen-bond donors (Lipinski definition) is 3. The molecule has 0 fully saturated rings. The molecule has 1 heterocycles. The van der Waals surface area contributed by atoms with Crippen molar-refractivity contribution in [1.82, 2.24) is 5.32 Å². The van der Waals surface area contributed by atoms with Crippen LogP contribution in [0, 0.1) is 11.6 Å².